The van der Waals surface area contributed by atoms with Gasteiger partial charge in [0, 0.05) is 24.0 Å². The summed E-state index contributed by atoms with van der Waals surface area (Å²) in [6.45, 7) is 3.00. The van der Waals surface area contributed by atoms with Crippen LogP contribution in [0.4, 0.5) is 0 Å². The Labute approximate surface area is 113 Å². The largest absolute Gasteiger partial charge is 0.314 e. The molecule has 6 heteroatoms. The average Bonchev–Trinajstić information content (AvgIpc) is 2.89. The highest BCUT2D eigenvalue weighted by molar-refractivity contribution is 7.91. The van der Waals surface area contributed by atoms with Crippen LogP contribution in [0.5, 0.6) is 0 Å². The lowest BCUT2D eigenvalue weighted by molar-refractivity contribution is 0.409. The van der Waals surface area contributed by atoms with E-state index in [4.69, 9.17) is 0 Å². The quantitative estimate of drug-likeness (QED) is 0.861. The molecule has 0 radical (unpaired) electrons. The monoisotopic (exact) mass is 288 g/mol. The SMILES string of the molecule is CCNC(Cc1nccs1)CC1CCS(=O)(=O)C1. The molecule has 2 atom stereocenters. The van der Waals surface area contributed by atoms with Crippen molar-refractivity contribution in [2.75, 3.05) is 18.1 Å². The highest BCUT2D eigenvalue weighted by atomic mass is 32.2. The first-order chi connectivity index (χ1) is 8.59. The van der Waals surface area contributed by atoms with Crippen LogP contribution in [0.3, 0.4) is 0 Å². The molecular formula is C12H20N2O2S2. The van der Waals surface area contributed by atoms with Gasteiger partial charge in [-0.25, -0.2) is 13.4 Å². The maximum Gasteiger partial charge on any atom is 0.150 e. The van der Waals surface area contributed by atoms with Gasteiger partial charge in [0.25, 0.3) is 0 Å². The van der Waals surface area contributed by atoms with Crippen LogP contribution in [0.15, 0.2) is 11.6 Å². The van der Waals surface area contributed by atoms with Gasteiger partial charge in [-0.05, 0) is 25.3 Å². The van der Waals surface area contributed by atoms with Crippen molar-refractivity contribution in [3.05, 3.63) is 16.6 Å². The zero-order valence-corrected chi connectivity index (χ0v) is 12.3. The van der Waals surface area contributed by atoms with Crippen LogP contribution in [0, 0.1) is 5.92 Å². The predicted octanol–water partition coefficient (Wildman–Crippen LogP) is 1.49. The molecule has 2 unspecified atom stereocenters. The molecule has 2 rings (SSSR count). The molecule has 0 amide bonds. The molecule has 1 aliphatic rings. The third kappa shape index (κ3) is 4.03. The number of rotatable bonds is 6. The first-order valence-electron chi connectivity index (χ1n) is 6.41. The van der Waals surface area contributed by atoms with Gasteiger partial charge in [0.15, 0.2) is 9.84 Å². The Balaban J connectivity index is 1.90. The van der Waals surface area contributed by atoms with E-state index in [0.29, 0.717) is 23.5 Å². The third-order valence-corrected chi connectivity index (χ3v) is 5.98. The van der Waals surface area contributed by atoms with E-state index < -0.39 is 9.84 Å². The lowest BCUT2D eigenvalue weighted by Crippen LogP contribution is -2.33. The van der Waals surface area contributed by atoms with Crippen molar-refractivity contribution < 1.29 is 8.42 Å². The van der Waals surface area contributed by atoms with E-state index in [1.165, 1.54) is 0 Å². The second kappa shape index (κ2) is 6.12. The van der Waals surface area contributed by atoms with Crippen molar-refractivity contribution in [2.45, 2.75) is 32.2 Å². The zero-order chi connectivity index (χ0) is 13.0. The lowest BCUT2D eigenvalue weighted by atomic mass is 9.97. The molecule has 0 bridgehead atoms. The van der Waals surface area contributed by atoms with Crippen molar-refractivity contribution in [1.29, 1.82) is 0 Å². The van der Waals surface area contributed by atoms with Crippen molar-refractivity contribution in [3.63, 3.8) is 0 Å². The van der Waals surface area contributed by atoms with Crippen LogP contribution in [-0.4, -0.2) is 37.5 Å². The van der Waals surface area contributed by atoms with Crippen molar-refractivity contribution in [2.24, 2.45) is 5.92 Å². The third-order valence-electron chi connectivity index (χ3n) is 3.34. The molecule has 18 heavy (non-hydrogen) atoms. The summed E-state index contributed by atoms with van der Waals surface area (Å²) < 4.78 is 22.9. The summed E-state index contributed by atoms with van der Waals surface area (Å²) in [7, 11) is -2.76. The molecule has 4 nitrogen and oxygen atoms in total. The number of thiazole rings is 1. The number of hydrogen-bond acceptors (Lipinski definition) is 5. The highest BCUT2D eigenvalue weighted by Gasteiger charge is 2.29. The highest BCUT2D eigenvalue weighted by Crippen LogP contribution is 2.24. The maximum absolute atomic E-state index is 11.5. The second-order valence-corrected chi connectivity index (χ2v) is 8.10. The number of likely N-dealkylation sites (N-methyl/N-ethyl adjacent to an activating group) is 1. The standard InChI is InChI=1S/C12H20N2O2S2/c1-2-13-11(8-12-14-4-5-17-12)7-10-3-6-18(15,16)9-10/h4-5,10-11,13H,2-3,6-9H2,1H3. The fourth-order valence-corrected chi connectivity index (χ4v) is 5.13. The molecule has 0 saturated carbocycles. The van der Waals surface area contributed by atoms with Crippen LogP contribution >= 0.6 is 11.3 Å². The molecule has 1 aromatic heterocycles. The van der Waals surface area contributed by atoms with E-state index in [0.717, 1.165) is 30.8 Å². The minimum Gasteiger partial charge on any atom is -0.314 e. The van der Waals surface area contributed by atoms with Crippen molar-refractivity contribution >= 4 is 21.2 Å². The van der Waals surface area contributed by atoms with Crippen LogP contribution in [-0.2, 0) is 16.3 Å². The number of nitrogens with one attached hydrogen (secondary N) is 1. The fourth-order valence-electron chi connectivity index (χ4n) is 2.55. The first-order valence-corrected chi connectivity index (χ1v) is 9.11. The summed E-state index contributed by atoms with van der Waals surface area (Å²) >= 11 is 1.67. The van der Waals surface area contributed by atoms with Crippen LogP contribution in [0.25, 0.3) is 0 Å². The summed E-state index contributed by atoms with van der Waals surface area (Å²) in [5, 5.41) is 6.56. The molecule has 0 spiro atoms. The van der Waals surface area contributed by atoms with E-state index in [9.17, 15) is 8.42 Å². The topological polar surface area (TPSA) is 59.1 Å². The summed E-state index contributed by atoms with van der Waals surface area (Å²) in [6, 6.07) is 0.347. The summed E-state index contributed by atoms with van der Waals surface area (Å²) in [4.78, 5) is 4.30. The molecule has 2 heterocycles. The van der Waals surface area contributed by atoms with Gasteiger partial charge in [-0.15, -0.1) is 11.3 Å². The zero-order valence-electron chi connectivity index (χ0n) is 10.6. The minimum absolute atomic E-state index is 0.319. The Kier molecular flexibility index (Phi) is 4.75. The molecule has 1 N–H and O–H groups in total. The number of hydrogen-bond donors (Lipinski definition) is 1. The molecule has 1 aromatic rings. The van der Waals surface area contributed by atoms with Gasteiger partial charge in [-0.3, -0.25) is 0 Å². The Bertz CT molecular complexity index is 456. The minimum atomic E-state index is -2.76. The van der Waals surface area contributed by atoms with Gasteiger partial charge in [-0.1, -0.05) is 6.92 Å². The van der Waals surface area contributed by atoms with Crippen LogP contribution in [0.1, 0.15) is 24.8 Å². The van der Waals surface area contributed by atoms with E-state index in [2.05, 4.69) is 17.2 Å². The number of sulfone groups is 1. The molecule has 102 valence electrons. The maximum atomic E-state index is 11.5. The molecular weight excluding hydrogens is 268 g/mol. The van der Waals surface area contributed by atoms with Crippen molar-refractivity contribution in [1.82, 2.24) is 10.3 Å². The van der Waals surface area contributed by atoms with Gasteiger partial charge >= 0.3 is 0 Å². The predicted molar refractivity (Wildman–Crippen MR) is 74.7 cm³/mol. The van der Waals surface area contributed by atoms with Crippen molar-refractivity contribution in [3.8, 4) is 0 Å². The van der Waals surface area contributed by atoms with E-state index >= 15 is 0 Å². The van der Waals surface area contributed by atoms with Gasteiger partial charge in [0.05, 0.1) is 16.5 Å². The molecule has 0 aliphatic carbocycles. The summed E-state index contributed by atoms with van der Waals surface area (Å²) in [5.41, 5.74) is 0. The number of nitrogens with zero attached hydrogens (tertiary/aromatic N) is 1. The Morgan fingerprint density at radius 2 is 2.44 bits per heavy atom. The first kappa shape index (κ1) is 14.0. The Morgan fingerprint density at radius 3 is 3.00 bits per heavy atom. The lowest BCUT2D eigenvalue weighted by Gasteiger charge is -2.19. The molecule has 1 saturated heterocycles. The average molecular weight is 288 g/mol. The number of aromatic nitrogens is 1. The van der Waals surface area contributed by atoms with E-state index in [-0.39, 0.29) is 0 Å². The van der Waals surface area contributed by atoms with Crippen LogP contribution in [0.2, 0.25) is 0 Å². The van der Waals surface area contributed by atoms with E-state index in [1.807, 2.05) is 11.6 Å². The molecule has 0 aromatic carbocycles. The van der Waals surface area contributed by atoms with E-state index in [1.54, 1.807) is 11.3 Å². The molecule has 1 fully saturated rings. The smallest absolute Gasteiger partial charge is 0.150 e. The summed E-state index contributed by atoms with van der Waals surface area (Å²) in [5.74, 6) is 1.06. The van der Waals surface area contributed by atoms with Gasteiger partial charge in [0.1, 0.15) is 0 Å². The van der Waals surface area contributed by atoms with Gasteiger partial charge in [0.2, 0.25) is 0 Å². The van der Waals surface area contributed by atoms with Crippen LogP contribution < -0.4 is 5.32 Å². The normalized spacial score (nSPS) is 24.2. The molecule has 1 aliphatic heterocycles. The fraction of sp³-hybridized carbons (Fsp3) is 0.750. The Hall–Kier alpha value is -0.460. The Morgan fingerprint density at radius 1 is 1.61 bits per heavy atom. The second-order valence-electron chi connectivity index (χ2n) is 4.89. The summed E-state index contributed by atoms with van der Waals surface area (Å²) in [6.07, 6.45) is 4.49. The van der Waals surface area contributed by atoms with Gasteiger partial charge < -0.3 is 5.32 Å². The van der Waals surface area contributed by atoms with Gasteiger partial charge in [-0.2, -0.15) is 0 Å².